The van der Waals surface area contributed by atoms with Crippen molar-refractivity contribution in [1.29, 1.82) is 0 Å². The van der Waals surface area contributed by atoms with E-state index >= 15 is 0 Å². The molecule has 0 atom stereocenters. The van der Waals surface area contributed by atoms with Crippen molar-refractivity contribution in [2.45, 2.75) is 32.5 Å². The highest BCUT2D eigenvalue weighted by Gasteiger charge is 2.31. The van der Waals surface area contributed by atoms with E-state index in [1.165, 1.54) is 29.8 Å². The van der Waals surface area contributed by atoms with Gasteiger partial charge in [-0.25, -0.2) is 4.39 Å². The highest BCUT2D eigenvalue weighted by Crippen LogP contribution is 2.31. The Bertz CT molecular complexity index is 898. The molecule has 0 amide bonds. The lowest BCUT2D eigenvalue weighted by Gasteiger charge is -2.11. The first-order valence-electron chi connectivity index (χ1n) is 8.44. The van der Waals surface area contributed by atoms with Crippen LogP contribution in [0.5, 0.6) is 5.75 Å². The van der Waals surface area contributed by atoms with Crippen LogP contribution in [0.4, 0.5) is 17.6 Å². The number of halogens is 4. The Morgan fingerprint density at radius 3 is 2.31 bits per heavy atom. The number of aryl methyl sites for hydroxylation is 1. The summed E-state index contributed by atoms with van der Waals surface area (Å²) in [6.45, 7) is 2.12. The maximum Gasteiger partial charge on any atom is 0.573 e. The van der Waals surface area contributed by atoms with Crippen LogP contribution in [0.3, 0.4) is 0 Å². The molecule has 0 N–H and O–H groups in total. The molecule has 3 aromatic rings. The van der Waals surface area contributed by atoms with Crippen LogP contribution >= 0.6 is 0 Å². The summed E-state index contributed by atoms with van der Waals surface area (Å²) in [4.78, 5) is 0. The van der Waals surface area contributed by atoms with E-state index in [4.69, 9.17) is 0 Å². The molecule has 0 bridgehead atoms. The van der Waals surface area contributed by atoms with Gasteiger partial charge in [0.2, 0.25) is 0 Å². The average molecular weight is 362 g/mol. The third-order valence-corrected chi connectivity index (χ3v) is 4.24. The molecule has 0 spiro atoms. The molecular formula is C21H18F4O. The van der Waals surface area contributed by atoms with Gasteiger partial charge in [0.1, 0.15) is 11.6 Å². The maximum absolute atomic E-state index is 14.9. The second-order valence-electron chi connectivity index (χ2n) is 6.16. The van der Waals surface area contributed by atoms with Crippen LogP contribution in [-0.2, 0) is 6.42 Å². The van der Waals surface area contributed by atoms with Crippen LogP contribution in [0.2, 0.25) is 0 Å². The van der Waals surface area contributed by atoms with Crippen LogP contribution in [0.1, 0.15) is 25.3 Å². The third-order valence-electron chi connectivity index (χ3n) is 4.24. The molecule has 3 rings (SSSR count). The minimum Gasteiger partial charge on any atom is -0.406 e. The van der Waals surface area contributed by atoms with Crippen molar-refractivity contribution in [2.24, 2.45) is 0 Å². The first kappa shape index (κ1) is 18.2. The SMILES string of the molecule is CCCCc1ccc2c(F)c(-c3ccc(OC(F)(F)F)cc3)ccc2c1. The fraction of sp³-hybridized carbons (Fsp3) is 0.238. The lowest BCUT2D eigenvalue weighted by atomic mass is 9.98. The molecule has 0 heterocycles. The number of benzene rings is 3. The molecule has 0 unspecified atom stereocenters. The fourth-order valence-electron chi connectivity index (χ4n) is 2.94. The fourth-order valence-corrected chi connectivity index (χ4v) is 2.94. The zero-order valence-corrected chi connectivity index (χ0v) is 14.2. The predicted octanol–water partition coefficient (Wildman–Crippen LogP) is 6.89. The van der Waals surface area contributed by atoms with Gasteiger partial charge in [0.05, 0.1) is 0 Å². The van der Waals surface area contributed by atoms with Crippen LogP contribution < -0.4 is 4.74 Å². The summed E-state index contributed by atoms with van der Waals surface area (Å²) >= 11 is 0. The lowest BCUT2D eigenvalue weighted by molar-refractivity contribution is -0.274. The van der Waals surface area contributed by atoms with Gasteiger partial charge in [-0.15, -0.1) is 13.2 Å². The van der Waals surface area contributed by atoms with E-state index in [9.17, 15) is 17.6 Å². The summed E-state index contributed by atoms with van der Waals surface area (Å²) in [6.07, 6.45) is -1.61. The van der Waals surface area contributed by atoms with Gasteiger partial charge in [0.25, 0.3) is 0 Å². The van der Waals surface area contributed by atoms with Crippen LogP contribution in [0.25, 0.3) is 21.9 Å². The van der Waals surface area contributed by atoms with Crippen molar-refractivity contribution in [3.63, 3.8) is 0 Å². The summed E-state index contributed by atoms with van der Waals surface area (Å²) in [5.41, 5.74) is 2.01. The van der Waals surface area contributed by atoms with Crippen LogP contribution in [-0.4, -0.2) is 6.36 Å². The zero-order chi connectivity index (χ0) is 18.7. The third kappa shape index (κ3) is 4.15. The molecule has 0 aliphatic heterocycles. The molecule has 26 heavy (non-hydrogen) atoms. The molecule has 0 aromatic heterocycles. The van der Waals surface area contributed by atoms with Gasteiger partial charge in [-0.1, -0.05) is 55.8 Å². The molecule has 136 valence electrons. The molecule has 0 saturated heterocycles. The topological polar surface area (TPSA) is 9.23 Å². The molecule has 0 aliphatic carbocycles. The molecular weight excluding hydrogens is 344 g/mol. The lowest BCUT2D eigenvalue weighted by Crippen LogP contribution is -2.16. The molecule has 5 heteroatoms. The molecule has 1 nitrogen and oxygen atoms in total. The standard InChI is InChI=1S/C21H18F4O/c1-2-3-4-14-5-11-19-16(13-14)8-12-18(20(19)22)15-6-9-17(10-7-15)26-21(23,24)25/h5-13H,2-4H2,1H3. The average Bonchev–Trinajstić information content (AvgIpc) is 2.60. The Hall–Kier alpha value is -2.56. The van der Waals surface area contributed by atoms with Crippen molar-refractivity contribution in [2.75, 3.05) is 0 Å². The minimum absolute atomic E-state index is 0.331. The Kier molecular flexibility index (Phi) is 5.16. The number of hydrogen-bond donors (Lipinski definition) is 0. The van der Waals surface area contributed by atoms with Gasteiger partial charge in [-0.2, -0.15) is 0 Å². The summed E-state index contributed by atoms with van der Waals surface area (Å²) in [6, 6.07) is 14.4. The Labute approximate surface area is 149 Å². The quantitative estimate of drug-likeness (QED) is 0.449. The Morgan fingerprint density at radius 2 is 1.65 bits per heavy atom. The number of hydrogen-bond acceptors (Lipinski definition) is 1. The van der Waals surface area contributed by atoms with Crippen LogP contribution in [0, 0.1) is 5.82 Å². The zero-order valence-electron chi connectivity index (χ0n) is 14.2. The minimum atomic E-state index is -4.74. The largest absolute Gasteiger partial charge is 0.573 e. The number of unbranched alkanes of at least 4 members (excludes halogenated alkanes) is 1. The summed E-state index contributed by atoms with van der Waals surface area (Å²) in [5, 5.41) is 1.32. The van der Waals surface area contributed by atoms with Gasteiger partial charge in [0.15, 0.2) is 0 Å². The summed E-state index contributed by atoms with van der Waals surface area (Å²) in [7, 11) is 0. The van der Waals surface area contributed by atoms with E-state index < -0.39 is 6.36 Å². The van der Waals surface area contributed by atoms with Gasteiger partial charge in [0, 0.05) is 10.9 Å². The molecule has 3 aromatic carbocycles. The van der Waals surface area contributed by atoms with E-state index in [-0.39, 0.29) is 11.6 Å². The van der Waals surface area contributed by atoms with Gasteiger partial charge < -0.3 is 4.74 Å². The normalized spacial score (nSPS) is 11.7. The van der Waals surface area contributed by atoms with Crippen molar-refractivity contribution < 1.29 is 22.3 Å². The van der Waals surface area contributed by atoms with Crippen molar-refractivity contribution in [1.82, 2.24) is 0 Å². The number of rotatable bonds is 5. The maximum atomic E-state index is 14.9. The number of alkyl halides is 3. The van der Waals surface area contributed by atoms with Gasteiger partial charge >= 0.3 is 6.36 Å². The van der Waals surface area contributed by atoms with E-state index in [1.807, 2.05) is 18.2 Å². The highest BCUT2D eigenvalue weighted by molar-refractivity contribution is 5.88. The Balaban J connectivity index is 1.91. The monoisotopic (exact) mass is 362 g/mol. The van der Waals surface area contributed by atoms with Gasteiger partial charge in [-0.3, -0.25) is 0 Å². The first-order valence-corrected chi connectivity index (χ1v) is 8.44. The van der Waals surface area contributed by atoms with Crippen LogP contribution in [0.15, 0.2) is 54.6 Å². The van der Waals surface area contributed by atoms with Crippen molar-refractivity contribution in [3.8, 4) is 16.9 Å². The van der Waals surface area contributed by atoms with Gasteiger partial charge in [-0.05, 0) is 41.5 Å². The van der Waals surface area contributed by atoms with E-state index in [2.05, 4.69) is 11.7 Å². The van der Waals surface area contributed by atoms with E-state index in [0.29, 0.717) is 16.5 Å². The van der Waals surface area contributed by atoms with Crippen molar-refractivity contribution >= 4 is 10.8 Å². The number of ether oxygens (including phenoxy) is 1. The van der Waals surface area contributed by atoms with E-state index in [0.717, 1.165) is 24.6 Å². The van der Waals surface area contributed by atoms with E-state index in [1.54, 1.807) is 12.1 Å². The summed E-state index contributed by atoms with van der Waals surface area (Å²) < 4.78 is 55.4. The highest BCUT2D eigenvalue weighted by atomic mass is 19.4. The second-order valence-corrected chi connectivity index (χ2v) is 6.16. The molecule has 0 fully saturated rings. The molecule has 0 radical (unpaired) electrons. The first-order chi connectivity index (χ1) is 12.4. The van der Waals surface area contributed by atoms with Crippen molar-refractivity contribution in [3.05, 3.63) is 66.0 Å². The number of fused-ring (bicyclic) bond motifs is 1. The molecule has 0 saturated carbocycles. The Morgan fingerprint density at radius 1 is 0.923 bits per heavy atom. The predicted molar refractivity (Wildman–Crippen MR) is 94.6 cm³/mol. The smallest absolute Gasteiger partial charge is 0.406 e. The summed E-state index contributed by atoms with van der Waals surface area (Å²) in [5.74, 6) is -0.711. The molecule has 0 aliphatic rings. The second kappa shape index (κ2) is 7.36.